The molecule has 1 rings (SSSR count). The molecule has 20 heavy (non-hydrogen) atoms. The standard InChI is InChI=1S/C15H27NO4/c1-3-4-5-6-9-16(11-12(2)15(18)19)14(17)13-8-7-10-20-13/h12-13H,3-11H2,1-2H3,(H,18,19). The summed E-state index contributed by atoms with van der Waals surface area (Å²) in [6, 6.07) is 0. The maximum absolute atomic E-state index is 12.4. The molecular formula is C15H27NO4. The van der Waals surface area contributed by atoms with E-state index in [-0.39, 0.29) is 18.6 Å². The minimum atomic E-state index is -0.858. The molecule has 0 aromatic rings. The van der Waals surface area contributed by atoms with Gasteiger partial charge in [0.2, 0.25) is 0 Å². The highest BCUT2D eigenvalue weighted by Gasteiger charge is 2.29. The van der Waals surface area contributed by atoms with Crippen molar-refractivity contribution in [2.75, 3.05) is 19.7 Å². The lowest BCUT2D eigenvalue weighted by Gasteiger charge is -2.27. The van der Waals surface area contributed by atoms with Crippen LogP contribution in [0.5, 0.6) is 0 Å². The smallest absolute Gasteiger partial charge is 0.308 e. The van der Waals surface area contributed by atoms with E-state index in [2.05, 4.69) is 6.92 Å². The van der Waals surface area contributed by atoms with Gasteiger partial charge < -0.3 is 14.7 Å². The van der Waals surface area contributed by atoms with Gasteiger partial charge in [0, 0.05) is 19.7 Å². The van der Waals surface area contributed by atoms with Crippen LogP contribution in [0, 0.1) is 5.92 Å². The molecule has 116 valence electrons. The molecule has 0 spiro atoms. The molecule has 1 fully saturated rings. The Morgan fingerprint density at radius 1 is 1.35 bits per heavy atom. The van der Waals surface area contributed by atoms with E-state index in [0.717, 1.165) is 38.5 Å². The third-order valence-electron chi connectivity index (χ3n) is 3.71. The Morgan fingerprint density at radius 3 is 2.65 bits per heavy atom. The molecule has 5 nitrogen and oxygen atoms in total. The fourth-order valence-electron chi connectivity index (χ4n) is 2.41. The molecule has 2 atom stereocenters. The molecule has 2 unspecified atom stereocenters. The number of hydrogen-bond acceptors (Lipinski definition) is 3. The lowest BCUT2D eigenvalue weighted by atomic mass is 10.1. The van der Waals surface area contributed by atoms with Gasteiger partial charge >= 0.3 is 5.97 Å². The van der Waals surface area contributed by atoms with E-state index in [4.69, 9.17) is 9.84 Å². The number of hydrogen-bond donors (Lipinski definition) is 1. The largest absolute Gasteiger partial charge is 0.481 e. The summed E-state index contributed by atoms with van der Waals surface area (Å²) in [6.07, 6.45) is 5.61. The third kappa shape index (κ3) is 5.49. The Bertz CT molecular complexity index is 313. The average molecular weight is 285 g/mol. The Hall–Kier alpha value is -1.10. The van der Waals surface area contributed by atoms with Crippen LogP contribution in [-0.4, -0.2) is 47.7 Å². The van der Waals surface area contributed by atoms with Crippen LogP contribution >= 0.6 is 0 Å². The van der Waals surface area contributed by atoms with Crippen molar-refractivity contribution in [1.29, 1.82) is 0 Å². The van der Waals surface area contributed by atoms with Gasteiger partial charge in [0.25, 0.3) is 5.91 Å². The Labute approximate surface area is 121 Å². The fourth-order valence-corrected chi connectivity index (χ4v) is 2.41. The van der Waals surface area contributed by atoms with Gasteiger partial charge in [0.15, 0.2) is 0 Å². The molecule has 0 aliphatic carbocycles. The first-order chi connectivity index (χ1) is 9.56. The molecule has 0 aromatic heterocycles. The van der Waals surface area contributed by atoms with Gasteiger partial charge in [0.1, 0.15) is 6.10 Å². The molecular weight excluding hydrogens is 258 g/mol. The molecule has 1 aliphatic rings. The predicted octanol–water partition coefficient (Wildman–Crippen LogP) is 2.30. The summed E-state index contributed by atoms with van der Waals surface area (Å²) in [7, 11) is 0. The van der Waals surface area contributed by atoms with Crippen LogP contribution < -0.4 is 0 Å². The van der Waals surface area contributed by atoms with Crippen LogP contribution in [0.2, 0.25) is 0 Å². The second-order valence-electron chi connectivity index (χ2n) is 5.59. The van der Waals surface area contributed by atoms with Crippen LogP contribution in [0.3, 0.4) is 0 Å². The molecule has 1 saturated heterocycles. The van der Waals surface area contributed by atoms with Crippen molar-refractivity contribution in [2.45, 2.75) is 58.5 Å². The van der Waals surface area contributed by atoms with E-state index < -0.39 is 11.9 Å². The van der Waals surface area contributed by atoms with Crippen LogP contribution in [0.15, 0.2) is 0 Å². The van der Waals surface area contributed by atoms with E-state index in [1.165, 1.54) is 0 Å². The summed E-state index contributed by atoms with van der Waals surface area (Å²) >= 11 is 0. The fraction of sp³-hybridized carbons (Fsp3) is 0.867. The minimum Gasteiger partial charge on any atom is -0.481 e. The molecule has 0 bridgehead atoms. The number of aliphatic carboxylic acids is 1. The monoisotopic (exact) mass is 285 g/mol. The number of ether oxygens (including phenoxy) is 1. The summed E-state index contributed by atoms with van der Waals surface area (Å²) in [6.45, 7) is 5.33. The van der Waals surface area contributed by atoms with Gasteiger partial charge in [-0.15, -0.1) is 0 Å². The second kappa shape index (κ2) is 8.95. The lowest BCUT2D eigenvalue weighted by molar-refractivity contribution is -0.146. The van der Waals surface area contributed by atoms with Gasteiger partial charge in [-0.1, -0.05) is 33.1 Å². The van der Waals surface area contributed by atoms with Crippen molar-refractivity contribution in [1.82, 2.24) is 4.90 Å². The van der Waals surface area contributed by atoms with Gasteiger partial charge in [-0.3, -0.25) is 9.59 Å². The van der Waals surface area contributed by atoms with Crippen molar-refractivity contribution < 1.29 is 19.4 Å². The molecule has 0 radical (unpaired) electrons. The first-order valence-corrected chi connectivity index (χ1v) is 7.69. The van der Waals surface area contributed by atoms with Crippen LogP contribution in [0.25, 0.3) is 0 Å². The SMILES string of the molecule is CCCCCCN(CC(C)C(=O)O)C(=O)C1CCCO1. The number of carboxylic acid groups (broad SMARTS) is 1. The number of unbranched alkanes of at least 4 members (excludes halogenated alkanes) is 3. The van der Waals surface area contributed by atoms with E-state index in [1.54, 1.807) is 11.8 Å². The van der Waals surface area contributed by atoms with Crippen molar-refractivity contribution in [3.63, 3.8) is 0 Å². The van der Waals surface area contributed by atoms with Crippen molar-refractivity contribution in [2.24, 2.45) is 5.92 Å². The van der Waals surface area contributed by atoms with Crippen molar-refractivity contribution in [3.8, 4) is 0 Å². The number of carbonyl (C=O) groups is 2. The van der Waals surface area contributed by atoms with Crippen molar-refractivity contribution in [3.05, 3.63) is 0 Å². The van der Waals surface area contributed by atoms with E-state index >= 15 is 0 Å². The van der Waals surface area contributed by atoms with E-state index in [9.17, 15) is 9.59 Å². The Kier molecular flexibility index (Phi) is 7.59. The highest BCUT2D eigenvalue weighted by Crippen LogP contribution is 2.16. The van der Waals surface area contributed by atoms with Gasteiger partial charge in [0.05, 0.1) is 5.92 Å². The van der Waals surface area contributed by atoms with Crippen molar-refractivity contribution >= 4 is 11.9 Å². The summed E-state index contributed by atoms with van der Waals surface area (Å²) in [4.78, 5) is 25.0. The first kappa shape index (κ1) is 17.0. The van der Waals surface area contributed by atoms with Crippen LogP contribution in [0.4, 0.5) is 0 Å². The Morgan fingerprint density at radius 2 is 2.10 bits per heavy atom. The first-order valence-electron chi connectivity index (χ1n) is 7.69. The molecule has 5 heteroatoms. The maximum Gasteiger partial charge on any atom is 0.308 e. The Balaban J connectivity index is 2.52. The average Bonchev–Trinajstić information content (AvgIpc) is 2.95. The van der Waals surface area contributed by atoms with Gasteiger partial charge in [-0.2, -0.15) is 0 Å². The molecule has 1 heterocycles. The molecule has 0 saturated carbocycles. The second-order valence-corrected chi connectivity index (χ2v) is 5.59. The summed E-state index contributed by atoms with van der Waals surface area (Å²) in [5.41, 5.74) is 0. The number of carboxylic acids is 1. The molecule has 1 amide bonds. The van der Waals surface area contributed by atoms with E-state index in [0.29, 0.717) is 13.2 Å². The predicted molar refractivity (Wildman–Crippen MR) is 76.5 cm³/mol. The molecule has 1 N–H and O–H groups in total. The molecule has 1 aliphatic heterocycles. The zero-order valence-electron chi connectivity index (χ0n) is 12.6. The maximum atomic E-state index is 12.4. The van der Waals surface area contributed by atoms with Gasteiger partial charge in [-0.05, 0) is 19.3 Å². The lowest BCUT2D eigenvalue weighted by Crippen LogP contribution is -2.43. The van der Waals surface area contributed by atoms with Crippen LogP contribution in [0.1, 0.15) is 52.4 Å². The van der Waals surface area contributed by atoms with Gasteiger partial charge in [-0.25, -0.2) is 0 Å². The van der Waals surface area contributed by atoms with E-state index in [1.807, 2.05) is 0 Å². The summed E-state index contributed by atoms with van der Waals surface area (Å²) in [5.74, 6) is -1.43. The zero-order chi connectivity index (χ0) is 15.0. The molecule has 0 aromatic carbocycles. The number of amides is 1. The normalized spacial score (nSPS) is 19.8. The number of rotatable bonds is 9. The topological polar surface area (TPSA) is 66.8 Å². The minimum absolute atomic E-state index is 0.0351. The summed E-state index contributed by atoms with van der Waals surface area (Å²) in [5, 5.41) is 9.02. The highest BCUT2D eigenvalue weighted by atomic mass is 16.5. The quantitative estimate of drug-likeness (QED) is 0.660. The number of carbonyl (C=O) groups excluding carboxylic acids is 1. The third-order valence-corrected chi connectivity index (χ3v) is 3.71. The van der Waals surface area contributed by atoms with Crippen LogP contribution in [-0.2, 0) is 14.3 Å². The summed E-state index contributed by atoms with van der Waals surface area (Å²) < 4.78 is 5.43. The highest BCUT2D eigenvalue weighted by molar-refractivity contribution is 5.82. The zero-order valence-corrected chi connectivity index (χ0v) is 12.6. The number of nitrogens with zero attached hydrogens (tertiary/aromatic N) is 1.